The molecular formula is C19H20N2O3. The predicted octanol–water partition coefficient (Wildman–Crippen LogP) is 3.06. The SMILES string of the molecule is COc1ccc(N2C(=O)CC(Nc3ccc(C)cc3C)C2=O)cc1. The lowest BCUT2D eigenvalue weighted by molar-refractivity contribution is -0.121. The molecule has 1 aliphatic heterocycles. The monoisotopic (exact) mass is 324 g/mol. The van der Waals surface area contributed by atoms with Crippen molar-refractivity contribution in [2.45, 2.75) is 26.3 Å². The number of hydrogen-bond donors (Lipinski definition) is 1. The lowest BCUT2D eigenvalue weighted by Crippen LogP contribution is -2.34. The van der Waals surface area contributed by atoms with Gasteiger partial charge in [0.1, 0.15) is 11.8 Å². The normalized spacial score (nSPS) is 17.3. The topological polar surface area (TPSA) is 58.6 Å². The van der Waals surface area contributed by atoms with Crippen LogP contribution in [0.15, 0.2) is 42.5 Å². The molecule has 1 fully saturated rings. The maximum Gasteiger partial charge on any atom is 0.256 e. The highest BCUT2D eigenvalue weighted by atomic mass is 16.5. The Bertz CT molecular complexity index is 784. The van der Waals surface area contributed by atoms with Gasteiger partial charge < -0.3 is 10.1 Å². The van der Waals surface area contributed by atoms with Gasteiger partial charge in [-0.15, -0.1) is 0 Å². The number of amides is 2. The molecule has 24 heavy (non-hydrogen) atoms. The quantitative estimate of drug-likeness (QED) is 0.878. The van der Waals surface area contributed by atoms with Gasteiger partial charge in [-0.05, 0) is 49.7 Å². The molecule has 2 aromatic rings. The van der Waals surface area contributed by atoms with E-state index in [2.05, 4.69) is 5.32 Å². The van der Waals surface area contributed by atoms with E-state index in [1.807, 2.05) is 32.0 Å². The summed E-state index contributed by atoms with van der Waals surface area (Å²) in [5, 5.41) is 3.20. The van der Waals surface area contributed by atoms with Gasteiger partial charge in [0.2, 0.25) is 5.91 Å². The zero-order valence-electron chi connectivity index (χ0n) is 14.0. The van der Waals surface area contributed by atoms with Crippen LogP contribution >= 0.6 is 0 Å². The number of imide groups is 1. The summed E-state index contributed by atoms with van der Waals surface area (Å²) in [5.74, 6) is 0.250. The summed E-state index contributed by atoms with van der Waals surface area (Å²) in [6, 6.07) is 12.3. The first kappa shape index (κ1) is 16.1. The smallest absolute Gasteiger partial charge is 0.256 e. The second-order valence-electron chi connectivity index (χ2n) is 5.98. The van der Waals surface area contributed by atoms with Crippen molar-refractivity contribution in [1.29, 1.82) is 0 Å². The number of methoxy groups -OCH3 is 1. The van der Waals surface area contributed by atoms with Crippen molar-refractivity contribution in [1.82, 2.24) is 0 Å². The molecule has 1 saturated heterocycles. The first-order valence-electron chi connectivity index (χ1n) is 7.84. The minimum atomic E-state index is -0.541. The maximum atomic E-state index is 12.7. The van der Waals surface area contributed by atoms with Gasteiger partial charge in [-0.1, -0.05) is 17.7 Å². The number of ether oxygens (including phenoxy) is 1. The van der Waals surface area contributed by atoms with Crippen molar-refractivity contribution in [3.05, 3.63) is 53.6 Å². The van der Waals surface area contributed by atoms with E-state index in [0.29, 0.717) is 11.4 Å². The fraction of sp³-hybridized carbons (Fsp3) is 0.263. The Labute approximate surface area is 141 Å². The molecule has 1 aliphatic rings. The molecule has 1 heterocycles. The largest absolute Gasteiger partial charge is 0.497 e. The Morgan fingerprint density at radius 3 is 2.42 bits per heavy atom. The van der Waals surface area contributed by atoms with Crippen LogP contribution in [0.5, 0.6) is 5.75 Å². The Morgan fingerprint density at radius 1 is 1.08 bits per heavy atom. The highest BCUT2D eigenvalue weighted by Gasteiger charge is 2.39. The molecule has 124 valence electrons. The van der Waals surface area contributed by atoms with E-state index < -0.39 is 6.04 Å². The Kier molecular flexibility index (Phi) is 4.25. The lowest BCUT2D eigenvalue weighted by atomic mass is 10.1. The van der Waals surface area contributed by atoms with Gasteiger partial charge in [-0.2, -0.15) is 0 Å². The summed E-state index contributed by atoms with van der Waals surface area (Å²) < 4.78 is 5.11. The minimum absolute atomic E-state index is 0.151. The number of hydrogen-bond acceptors (Lipinski definition) is 4. The van der Waals surface area contributed by atoms with E-state index >= 15 is 0 Å². The van der Waals surface area contributed by atoms with Crippen LogP contribution < -0.4 is 15.0 Å². The zero-order chi connectivity index (χ0) is 17.3. The first-order chi connectivity index (χ1) is 11.5. The van der Waals surface area contributed by atoms with E-state index in [1.54, 1.807) is 31.4 Å². The molecule has 5 heteroatoms. The Hall–Kier alpha value is -2.82. The third-order valence-corrected chi connectivity index (χ3v) is 4.19. The Balaban J connectivity index is 1.80. The van der Waals surface area contributed by atoms with Crippen LogP contribution in [0.25, 0.3) is 0 Å². The van der Waals surface area contributed by atoms with Crippen LogP contribution in [0, 0.1) is 13.8 Å². The van der Waals surface area contributed by atoms with Crippen LogP contribution in [0.2, 0.25) is 0 Å². The van der Waals surface area contributed by atoms with Crippen LogP contribution in [0.1, 0.15) is 17.5 Å². The first-order valence-corrected chi connectivity index (χ1v) is 7.84. The van der Waals surface area contributed by atoms with Gasteiger partial charge in [-0.25, -0.2) is 4.90 Å². The van der Waals surface area contributed by atoms with Crippen molar-refractivity contribution >= 4 is 23.2 Å². The van der Waals surface area contributed by atoms with Gasteiger partial charge in [0.25, 0.3) is 5.91 Å². The molecule has 3 rings (SSSR count). The molecule has 2 aromatic carbocycles. The molecule has 0 bridgehead atoms. The summed E-state index contributed by atoms with van der Waals surface area (Å²) in [5.41, 5.74) is 3.66. The molecule has 0 radical (unpaired) electrons. The molecular weight excluding hydrogens is 304 g/mol. The highest BCUT2D eigenvalue weighted by molar-refractivity contribution is 6.23. The van der Waals surface area contributed by atoms with Crippen molar-refractivity contribution in [3.8, 4) is 5.75 Å². The zero-order valence-corrected chi connectivity index (χ0v) is 14.0. The van der Waals surface area contributed by atoms with E-state index in [1.165, 1.54) is 4.90 Å². The minimum Gasteiger partial charge on any atom is -0.497 e. The van der Waals surface area contributed by atoms with Crippen molar-refractivity contribution in [2.75, 3.05) is 17.3 Å². The molecule has 0 aromatic heterocycles. The van der Waals surface area contributed by atoms with Gasteiger partial charge in [0.15, 0.2) is 0 Å². The number of carbonyl (C=O) groups excluding carboxylic acids is 2. The van der Waals surface area contributed by atoms with Crippen LogP contribution in [-0.2, 0) is 9.59 Å². The number of carbonyl (C=O) groups is 2. The molecule has 1 unspecified atom stereocenters. The van der Waals surface area contributed by atoms with Crippen molar-refractivity contribution in [2.24, 2.45) is 0 Å². The second kappa shape index (κ2) is 6.35. The molecule has 0 spiro atoms. The number of anilines is 2. The molecule has 2 amide bonds. The average molecular weight is 324 g/mol. The Morgan fingerprint density at radius 2 is 1.79 bits per heavy atom. The summed E-state index contributed by atoms with van der Waals surface area (Å²) in [4.78, 5) is 26.2. The number of benzene rings is 2. The van der Waals surface area contributed by atoms with Crippen molar-refractivity contribution in [3.63, 3.8) is 0 Å². The van der Waals surface area contributed by atoms with Crippen LogP contribution in [-0.4, -0.2) is 25.0 Å². The van der Waals surface area contributed by atoms with E-state index in [0.717, 1.165) is 16.8 Å². The maximum absolute atomic E-state index is 12.7. The van der Waals surface area contributed by atoms with Crippen molar-refractivity contribution < 1.29 is 14.3 Å². The summed E-state index contributed by atoms with van der Waals surface area (Å²) in [6.45, 7) is 4.00. The second-order valence-corrected chi connectivity index (χ2v) is 5.98. The fourth-order valence-electron chi connectivity index (χ4n) is 2.91. The van der Waals surface area contributed by atoms with Crippen LogP contribution in [0.4, 0.5) is 11.4 Å². The molecule has 0 aliphatic carbocycles. The number of aryl methyl sites for hydroxylation is 2. The summed E-state index contributed by atoms with van der Waals surface area (Å²) in [6.07, 6.45) is 0.151. The van der Waals surface area contributed by atoms with E-state index in [9.17, 15) is 9.59 Å². The van der Waals surface area contributed by atoms with Gasteiger partial charge in [0, 0.05) is 5.69 Å². The highest BCUT2D eigenvalue weighted by Crippen LogP contribution is 2.27. The molecule has 1 N–H and O–H groups in total. The van der Waals surface area contributed by atoms with Crippen LogP contribution in [0.3, 0.4) is 0 Å². The van der Waals surface area contributed by atoms with E-state index in [-0.39, 0.29) is 18.2 Å². The average Bonchev–Trinajstić information content (AvgIpc) is 2.84. The van der Waals surface area contributed by atoms with Gasteiger partial charge >= 0.3 is 0 Å². The number of rotatable bonds is 4. The summed E-state index contributed by atoms with van der Waals surface area (Å²) in [7, 11) is 1.57. The predicted molar refractivity (Wildman–Crippen MR) is 93.4 cm³/mol. The fourth-order valence-corrected chi connectivity index (χ4v) is 2.91. The standard InChI is InChI=1S/C19H20N2O3/c1-12-4-9-16(13(2)10-12)20-17-11-18(22)21(19(17)23)14-5-7-15(24-3)8-6-14/h4-10,17,20H,11H2,1-3H3. The molecule has 0 saturated carbocycles. The third-order valence-electron chi connectivity index (χ3n) is 4.19. The summed E-state index contributed by atoms with van der Waals surface area (Å²) >= 11 is 0. The third kappa shape index (κ3) is 2.97. The number of nitrogens with zero attached hydrogens (tertiary/aromatic N) is 1. The lowest BCUT2D eigenvalue weighted by Gasteiger charge is -2.17. The van der Waals surface area contributed by atoms with Gasteiger partial charge in [-0.3, -0.25) is 9.59 Å². The molecule has 1 atom stereocenters. The molecule has 5 nitrogen and oxygen atoms in total. The van der Waals surface area contributed by atoms with Gasteiger partial charge in [0.05, 0.1) is 19.2 Å². The number of nitrogens with one attached hydrogen (secondary N) is 1. The van der Waals surface area contributed by atoms with E-state index in [4.69, 9.17) is 4.74 Å².